The maximum atomic E-state index is 13.2. The summed E-state index contributed by atoms with van der Waals surface area (Å²) in [6.45, 7) is 3.07. The minimum Gasteiger partial charge on any atom is -0.491 e. The molecule has 0 spiro atoms. The van der Waals surface area contributed by atoms with Gasteiger partial charge in [-0.25, -0.2) is 4.39 Å². The van der Waals surface area contributed by atoms with Gasteiger partial charge >= 0.3 is 0 Å². The number of hydrogen-bond donors (Lipinski definition) is 0. The van der Waals surface area contributed by atoms with E-state index >= 15 is 0 Å². The molecule has 0 amide bonds. The van der Waals surface area contributed by atoms with Crippen LogP contribution in [0.1, 0.15) is 24.8 Å². The highest BCUT2D eigenvalue weighted by Gasteiger charge is 2.14. The van der Waals surface area contributed by atoms with E-state index in [-0.39, 0.29) is 11.9 Å². The monoisotopic (exact) mass is 224 g/mol. The maximum absolute atomic E-state index is 13.2. The Bertz CT molecular complexity index is 346. The fourth-order valence-electron chi connectivity index (χ4n) is 1.79. The second-order valence-corrected chi connectivity index (χ2v) is 4.21. The van der Waals surface area contributed by atoms with Gasteiger partial charge in [0.15, 0.2) is 0 Å². The molecule has 0 aliphatic carbocycles. The first-order valence-electron chi connectivity index (χ1n) is 5.76. The number of ether oxygens (including phenoxy) is 2. The number of aryl methyl sites for hydroxylation is 1. The van der Waals surface area contributed by atoms with Gasteiger partial charge in [-0.2, -0.15) is 0 Å². The molecule has 2 nitrogen and oxygen atoms in total. The zero-order valence-electron chi connectivity index (χ0n) is 9.54. The van der Waals surface area contributed by atoms with E-state index in [4.69, 9.17) is 9.47 Å². The Morgan fingerprint density at radius 2 is 2.31 bits per heavy atom. The standard InChI is InChI=1S/C13H17FO2/c1-10-5-6-11(8-13(10)14)16-9-12-4-2-3-7-15-12/h5-6,8,12H,2-4,7,9H2,1H3. The van der Waals surface area contributed by atoms with Crippen LogP contribution in [0.3, 0.4) is 0 Å². The van der Waals surface area contributed by atoms with E-state index in [9.17, 15) is 4.39 Å². The van der Waals surface area contributed by atoms with E-state index < -0.39 is 0 Å². The molecule has 1 saturated heterocycles. The van der Waals surface area contributed by atoms with Gasteiger partial charge in [0.2, 0.25) is 0 Å². The molecule has 1 aromatic carbocycles. The number of rotatable bonds is 3. The molecule has 0 radical (unpaired) electrons. The lowest BCUT2D eigenvalue weighted by atomic mass is 10.1. The Balaban J connectivity index is 1.86. The quantitative estimate of drug-likeness (QED) is 0.785. The number of halogens is 1. The van der Waals surface area contributed by atoms with Gasteiger partial charge in [0.05, 0.1) is 6.10 Å². The first-order chi connectivity index (χ1) is 7.75. The van der Waals surface area contributed by atoms with Crippen LogP contribution in [0.5, 0.6) is 5.75 Å². The van der Waals surface area contributed by atoms with Crippen LogP contribution in [-0.2, 0) is 4.74 Å². The Hall–Kier alpha value is -1.09. The highest BCUT2D eigenvalue weighted by molar-refractivity contribution is 5.27. The van der Waals surface area contributed by atoms with Gasteiger partial charge in [0, 0.05) is 12.7 Å². The molecule has 0 saturated carbocycles. The van der Waals surface area contributed by atoms with E-state index in [1.807, 2.05) is 0 Å². The molecule has 0 bridgehead atoms. The molecule has 88 valence electrons. The molecule has 0 aromatic heterocycles. The van der Waals surface area contributed by atoms with Crippen LogP contribution in [0.4, 0.5) is 4.39 Å². The Kier molecular flexibility index (Phi) is 3.78. The van der Waals surface area contributed by atoms with Crippen molar-refractivity contribution < 1.29 is 13.9 Å². The van der Waals surface area contributed by atoms with Crippen molar-refractivity contribution in [2.45, 2.75) is 32.3 Å². The van der Waals surface area contributed by atoms with Crippen molar-refractivity contribution in [3.05, 3.63) is 29.6 Å². The third-order valence-electron chi connectivity index (χ3n) is 2.85. The van der Waals surface area contributed by atoms with Crippen molar-refractivity contribution in [1.29, 1.82) is 0 Å². The van der Waals surface area contributed by atoms with E-state index in [0.29, 0.717) is 17.9 Å². The summed E-state index contributed by atoms with van der Waals surface area (Å²) in [6.07, 6.45) is 3.53. The summed E-state index contributed by atoms with van der Waals surface area (Å²) < 4.78 is 24.3. The van der Waals surface area contributed by atoms with Gasteiger partial charge in [-0.3, -0.25) is 0 Å². The van der Waals surface area contributed by atoms with Crippen LogP contribution < -0.4 is 4.74 Å². The van der Waals surface area contributed by atoms with Crippen LogP contribution >= 0.6 is 0 Å². The second-order valence-electron chi connectivity index (χ2n) is 4.21. The van der Waals surface area contributed by atoms with Crippen LogP contribution in [0.2, 0.25) is 0 Å². The third kappa shape index (κ3) is 2.95. The summed E-state index contributed by atoms with van der Waals surface area (Å²) in [6, 6.07) is 4.95. The maximum Gasteiger partial charge on any atom is 0.129 e. The van der Waals surface area contributed by atoms with Gasteiger partial charge in [0.1, 0.15) is 18.2 Å². The van der Waals surface area contributed by atoms with Crippen LogP contribution in [0.15, 0.2) is 18.2 Å². The minimum absolute atomic E-state index is 0.165. The first kappa shape index (κ1) is 11.4. The van der Waals surface area contributed by atoms with Crippen molar-refractivity contribution in [2.24, 2.45) is 0 Å². The molecule has 1 aliphatic rings. The smallest absolute Gasteiger partial charge is 0.129 e. The Morgan fingerprint density at radius 1 is 1.44 bits per heavy atom. The zero-order chi connectivity index (χ0) is 11.4. The zero-order valence-corrected chi connectivity index (χ0v) is 9.54. The molecule has 1 unspecified atom stereocenters. The number of benzene rings is 1. The molecule has 1 heterocycles. The lowest BCUT2D eigenvalue weighted by molar-refractivity contribution is -0.0111. The summed E-state index contributed by atoms with van der Waals surface area (Å²) in [5.41, 5.74) is 0.640. The van der Waals surface area contributed by atoms with Crippen LogP contribution in [-0.4, -0.2) is 19.3 Å². The molecule has 0 N–H and O–H groups in total. The summed E-state index contributed by atoms with van der Waals surface area (Å²) in [5.74, 6) is 0.360. The molecule has 1 atom stereocenters. The summed E-state index contributed by atoms with van der Waals surface area (Å²) in [5, 5.41) is 0. The number of hydrogen-bond acceptors (Lipinski definition) is 2. The summed E-state index contributed by atoms with van der Waals surface area (Å²) in [4.78, 5) is 0. The van der Waals surface area contributed by atoms with E-state index in [1.54, 1.807) is 19.1 Å². The van der Waals surface area contributed by atoms with Crippen LogP contribution in [0.25, 0.3) is 0 Å². The molecule has 1 aromatic rings. The van der Waals surface area contributed by atoms with Gasteiger partial charge in [0.25, 0.3) is 0 Å². The molecule has 1 fully saturated rings. The molecule has 16 heavy (non-hydrogen) atoms. The molecule has 3 heteroatoms. The van der Waals surface area contributed by atoms with Crippen molar-refractivity contribution in [3.8, 4) is 5.75 Å². The summed E-state index contributed by atoms with van der Waals surface area (Å²) in [7, 11) is 0. The van der Waals surface area contributed by atoms with Crippen molar-refractivity contribution in [2.75, 3.05) is 13.2 Å². The first-order valence-corrected chi connectivity index (χ1v) is 5.76. The van der Waals surface area contributed by atoms with Crippen molar-refractivity contribution >= 4 is 0 Å². The molecule has 1 aliphatic heterocycles. The molecule has 2 rings (SSSR count). The summed E-state index contributed by atoms with van der Waals surface area (Å²) >= 11 is 0. The largest absolute Gasteiger partial charge is 0.491 e. The topological polar surface area (TPSA) is 18.5 Å². The van der Waals surface area contributed by atoms with Gasteiger partial charge < -0.3 is 9.47 Å². The fourth-order valence-corrected chi connectivity index (χ4v) is 1.79. The van der Waals surface area contributed by atoms with Gasteiger partial charge in [-0.15, -0.1) is 0 Å². The van der Waals surface area contributed by atoms with Crippen molar-refractivity contribution in [3.63, 3.8) is 0 Å². The average Bonchev–Trinajstić information content (AvgIpc) is 2.32. The Morgan fingerprint density at radius 3 is 3.00 bits per heavy atom. The van der Waals surface area contributed by atoms with Crippen molar-refractivity contribution in [1.82, 2.24) is 0 Å². The fraction of sp³-hybridized carbons (Fsp3) is 0.538. The molecular weight excluding hydrogens is 207 g/mol. The predicted octanol–water partition coefficient (Wildman–Crippen LogP) is 3.08. The molecular formula is C13H17FO2. The second kappa shape index (κ2) is 5.30. The SMILES string of the molecule is Cc1ccc(OCC2CCCCO2)cc1F. The van der Waals surface area contributed by atoms with Crippen LogP contribution in [0, 0.1) is 12.7 Å². The highest BCUT2D eigenvalue weighted by Crippen LogP contribution is 2.18. The average molecular weight is 224 g/mol. The van der Waals surface area contributed by atoms with Gasteiger partial charge in [-0.05, 0) is 37.8 Å². The van der Waals surface area contributed by atoms with E-state index in [1.165, 1.54) is 12.5 Å². The normalized spacial score (nSPS) is 20.8. The highest BCUT2D eigenvalue weighted by atomic mass is 19.1. The lowest BCUT2D eigenvalue weighted by Gasteiger charge is -2.22. The van der Waals surface area contributed by atoms with E-state index in [0.717, 1.165) is 19.4 Å². The minimum atomic E-state index is -0.220. The third-order valence-corrected chi connectivity index (χ3v) is 2.85. The Labute approximate surface area is 95.4 Å². The van der Waals surface area contributed by atoms with Gasteiger partial charge in [-0.1, -0.05) is 6.07 Å². The van der Waals surface area contributed by atoms with E-state index in [2.05, 4.69) is 0 Å². The predicted molar refractivity (Wildman–Crippen MR) is 60.2 cm³/mol. The lowest BCUT2D eigenvalue weighted by Crippen LogP contribution is -2.25.